The standard InChI is InChI=1S/C11H20/c1-3-5-7-9-11-10-8-6-4-2/h3H,1,4,6-11H2,2H3/q-2. The van der Waals surface area contributed by atoms with E-state index < -0.39 is 0 Å². The van der Waals surface area contributed by atoms with Crippen LogP contribution in [-0.4, -0.2) is 0 Å². The van der Waals surface area contributed by atoms with Gasteiger partial charge in [0.1, 0.15) is 0 Å². The number of hydrogen-bond acceptors (Lipinski definition) is 0. The second kappa shape index (κ2) is 9.61. The van der Waals surface area contributed by atoms with Crippen LogP contribution < -0.4 is 0 Å². The molecular weight excluding hydrogens is 132 g/mol. The molecule has 0 aromatic heterocycles. The van der Waals surface area contributed by atoms with Crippen molar-refractivity contribution in [3.8, 4) is 0 Å². The fourth-order valence-electron chi connectivity index (χ4n) is 1.11. The van der Waals surface area contributed by atoms with Gasteiger partial charge < -0.3 is 19.1 Å². The zero-order chi connectivity index (χ0) is 8.36. The first kappa shape index (κ1) is 10.6. The fourth-order valence-corrected chi connectivity index (χ4v) is 1.11. The molecule has 0 bridgehead atoms. The normalized spacial score (nSPS) is 11.0. The monoisotopic (exact) mass is 152 g/mol. The van der Waals surface area contributed by atoms with Crippen molar-refractivity contribution in [3.63, 3.8) is 0 Å². The zero-order valence-electron chi connectivity index (χ0n) is 7.73. The van der Waals surface area contributed by atoms with Crippen LogP contribution >= 0.6 is 0 Å². The van der Waals surface area contributed by atoms with Crippen LogP contribution in [0.5, 0.6) is 0 Å². The highest BCUT2D eigenvalue weighted by atomic mass is 13.9. The van der Waals surface area contributed by atoms with Crippen molar-refractivity contribution in [2.45, 2.75) is 51.9 Å². The topological polar surface area (TPSA) is 0 Å². The molecule has 11 heavy (non-hydrogen) atoms. The summed E-state index contributed by atoms with van der Waals surface area (Å²) in [6, 6.07) is 0. The van der Waals surface area contributed by atoms with Crippen molar-refractivity contribution in [2.75, 3.05) is 0 Å². The van der Waals surface area contributed by atoms with Gasteiger partial charge >= 0.3 is 0 Å². The molecule has 0 aliphatic heterocycles. The molecule has 0 unspecified atom stereocenters. The fraction of sp³-hybridized carbons (Fsp3) is 0.727. The van der Waals surface area contributed by atoms with Crippen LogP contribution in [0.3, 0.4) is 0 Å². The zero-order valence-corrected chi connectivity index (χ0v) is 7.73. The molecule has 0 saturated heterocycles. The van der Waals surface area contributed by atoms with E-state index in [2.05, 4.69) is 19.9 Å². The van der Waals surface area contributed by atoms with Gasteiger partial charge in [-0.2, -0.15) is 6.42 Å². The number of allylic oxidation sites excluding steroid dienone is 2. The second-order valence-corrected chi connectivity index (χ2v) is 2.93. The molecule has 0 heterocycles. The Morgan fingerprint density at radius 3 is 2.36 bits per heavy atom. The molecule has 0 fully saturated rings. The van der Waals surface area contributed by atoms with Crippen LogP contribution in [0, 0.1) is 13.0 Å². The first-order valence-electron chi connectivity index (χ1n) is 4.76. The van der Waals surface area contributed by atoms with Crippen LogP contribution in [0.4, 0.5) is 0 Å². The lowest BCUT2D eigenvalue weighted by molar-refractivity contribution is 0.609. The van der Waals surface area contributed by atoms with E-state index >= 15 is 0 Å². The van der Waals surface area contributed by atoms with Crippen LogP contribution in [0.25, 0.3) is 0 Å². The largest absolute Gasteiger partial charge is 0.531 e. The van der Waals surface area contributed by atoms with Crippen molar-refractivity contribution in [1.82, 2.24) is 0 Å². The van der Waals surface area contributed by atoms with Gasteiger partial charge in [0.05, 0.1) is 0 Å². The molecule has 0 amide bonds. The van der Waals surface area contributed by atoms with E-state index in [0.29, 0.717) is 0 Å². The average Bonchev–Trinajstić information content (AvgIpc) is 2.03. The average molecular weight is 152 g/mol. The van der Waals surface area contributed by atoms with Crippen LogP contribution in [0.1, 0.15) is 51.9 Å². The molecule has 0 aliphatic rings. The van der Waals surface area contributed by atoms with Crippen LogP contribution in [0.15, 0.2) is 6.08 Å². The molecule has 0 aromatic carbocycles. The summed E-state index contributed by atoms with van der Waals surface area (Å²) in [5, 5.41) is 0. The predicted molar refractivity (Wildman–Crippen MR) is 51.2 cm³/mol. The summed E-state index contributed by atoms with van der Waals surface area (Å²) in [7, 11) is 0. The Kier molecular flexibility index (Phi) is 9.27. The highest BCUT2D eigenvalue weighted by molar-refractivity contribution is 4.75. The minimum absolute atomic E-state index is 1.09. The smallest absolute Gasteiger partial charge is 0.0533 e. The lowest BCUT2D eigenvalue weighted by atomic mass is 10.1. The van der Waals surface area contributed by atoms with E-state index in [1.165, 1.54) is 38.5 Å². The van der Waals surface area contributed by atoms with Crippen molar-refractivity contribution in [3.05, 3.63) is 19.1 Å². The van der Waals surface area contributed by atoms with E-state index in [9.17, 15) is 0 Å². The molecule has 0 N–H and O–H groups in total. The molecule has 0 saturated carbocycles. The SMILES string of the molecule is [CH2-]C=[C-]CCCCCCCC. The van der Waals surface area contributed by atoms with Crippen molar-refractivity contribution in [2.24, 2.45) is 0 Å². The third kappa shape index (κ3) is 9.61. The maximum Gasteiger partial charge on any atom is -0.0533 e. The lowest BCUT2D eigenvalue weighted by Gasteiger charge is -2.05. The van der Waals surface area contributed by atoms with Gasteiger partial charge in [0, 0.05) is 0 Å². The Morgan fingerprint density at radius 1 is 1.09 bits per heavy atom. The van der Waals surface area contributed by atoms with Crippen molar-refractivity contribution < 1.29 is 0 Å². The van der Waals surface area contributed by atoms with E-state index in [-0.39, 0.29) is 0 Å². The van der Waals surface area contributed by atoms with Gasteiger partial charge in [0.25, 0.3) is 0 Å². The maximum atomic E-state index is 3.60. The van der Waals surface area contributed by atoms with Gasteiger partial charge in [0.2, 0.25) is 0 Å². The number of rotatable bonds is 7. The molecule has 0 rings (SSSR count). The molecule has 0 aliphatic carbocycles. The van der Waals surface area contributed by atoms with Crippen molar-refractivity contribution in [1.29, 1.82) is 0 Å². The maximum absolute atomic E-state index is 3.60. The number of hydrogen-bond donors (Lipinski definition) is 0. The van der Waals surface area contributed by atoms with Gasteiger partial charge in [-0.25, -0.2) is 0 Å². The summed E-state index contributed by atoms with van der Waals surface area (Å²) >= 11 is 0. The molecule has 0 atom stereocenters. The number of unbranched alkanes of at least 4 members (excludes halogenated alkanes) is 6. The quantitative estimate of drug-likeness (QED) is 0.383. The van der Waals surface area contributed by atoms with Gasteiger partial charge in [-0.15, -0.1) is 0 Å². The van der Waals surface area contributed by atoms with E-state index in [4.69, 9.17) is 0 Å². The Hall–Kier alpha value is -0.390. The molecule has 0 aromatic rings. The second-order valence-electron chi connectivity index (χ2n) is 2.93. The van der Waals surface area contributed by atoms with Gasteiger partial charge in [-0.05, 0) is 0 Å². The Balaban J connectivity index is 2.79. The lowest BCUT2D eigenvalue weighted by Crippen LogP contribution is -1.77. The molecular formula is C11H20-2. The third-order valence-electron chi connectivity index (χ3n) is 1.82. The third-order valence-corrected chi connectivity index (χ3v) is 1.82. The van der Waals surface area contributed by atoms with Crippen LogP contribution in [0.2, 0.25) is 0 Å². The summed E-state index contributed by atoms with van der Waals surface area (Å²) in [5.41, 5.74) is 0. The van der Waals surface area contributed by atoms with Gasteiger partial charge in [0.15, 0.2) is 0 Å². The first-order chi connectivity index (χ1) is 5.41. The summed E-state index contributed by atoms with van der Waals surface area (Å²) in [6.45, 7) is 5.85. The van der Waals surface area contributed by atoms with Gasteiger partial charge in [-0.3, -0.25) is 0 Å². The molecule has 0 nitrogen and oxygen atoms in total. The molecule has 0 radical (unpaired) electrons. The van der Waals surface area contributed by atoms with E-state index in [1.807, 2.05) is 0 Å². The van der Waals surface area contributed by atoms with E-state index in [1.54, 1.807) is 6.08 Å². The summed E-state index contributed by atoms with van der Waals surface area (Å²) in [4.78, 5) is 0. The summed E-state index contributed by atoms with van der Waals surface area (Å²) in [6.07, 6.45) is 14.2. The Labute approximate surface area is 71.7 Å². The van der Waals surface area contributed by atoms with E-state index in [0.717, 1.165) is 6.42 Å². The highest BCUT2D eigenvalue weighted by Gasteiger charge is 1.84. The minimum Gasteiger partial charge on any atom is -0.531 e. The van der Waals surface area contributed by atoms with Crippen LogP contribution in [-0.2, 0) is 0 Å². The Bertz CT molecular complexity index is 82.0. The highest BCUT2D eigenvalue weighted by Crippen LogP contribution is 2.06. The molecule has 0 heteroatoms. The summed E-state index contributed by atoms with van der Waals surface area (Å²) in [5.74, 6) is 0. The minimum atomic E-state index is 1.09. The molecule has 66 valence electrons. The first-order valence-corrected chi connectivity index (χ1v) is 4.76. The summed E-state index contributed by atoms with van der Waals surface area (Å²) < 4.78 is 0. The van der Waals surface area contributed by atoms with Crippen molar-refractivity contribution >= 4 is 0 Å². The molecule has 0 spiro atoms. The van der Waals surface area contributed by atoms with Gasteiger partial charge in [-0.1, -0.05) is 45.4 Å². The Morgan fingerprint density at radius 2 is 1.73 bits per heavy atom. The predicted octanol–water partition coefficient (Wildman–Crippen LogP) is 3.93.